The zero-order valence-corrected chi connectivity index (χ0v) is 14.9. The number of halogens is 3. The van der Waals surface area contributed by atoms with Crippen LogP contribution in [0.2, 0.25) is 0 Å². The largest absolute Gasteiger partial charge is 0.291 e. The maximum atomic E-state index is 12.4. The van der Waals surface area contributed by atoms with E-state index in [1.807, 2.05) is 12.1 Å². The molecule has 0 bridgehead atoms. The maximum Gasteiger partial charge on any atom is 0.194 e. The minimum absolute atomic E-state index is 0.179. The van der Waals surface area contributed by atoms with E-state index in [1.165, 1.54) is 11.3 Å². The molecule has 0 saturated heterocycles. The van der Waals surface area contributed by atoms with E-state index < -0.39 is 5.92 Å². The summed E-state index contributed by atoms with van der Waals surface area (Å²) in [5.41, 5.74) is 0.705. The highest BCUT2D eigenvalue weighted by Gasteiger charge is 2.24. The van der Waals surface area contributed by atoms with E-state index in [1.54, 1.807) is 18.2 Å². The van der Waals surface area contributed by atoms with Crippen LogP contribution in [-0.4, -0.2) is 5.78 Å². The van der Waals surface area contributed by atoms with Gasteiger partial charge in [0.05, 0.1) is 14.7 Å². The molecule has 0 amide bonds. The van der Waals surface area contributed by atoms with E-state index in [0.29, 0.717) is 10.4 Å². The average Bonchev–Trinajstić information content (AvgIpc) is 2.73. The van der Waals surface area contributed by atoms with E-state index in [2.05, 4.69) is 53.9 Å². The number of nitriles is 1. The van der Waals surface area contributed by atoms with Crippen LogP contribution in [0.5, 0.6) is 0 Å². The lowest BCUT2D eigenvalue weighted by atomic mass is 9.95. The summed E-state index contributed by atoms with van der Waals surface area (Å²) >= 11 is 11.4. The molecule has 1 heterocycles. The van der Waals surface area contributed by atoms with Crippen LogP contribution in [0.4, 0.5) is 0 Å². The third kappa shape index (κ3) is 3.34. The van der Waals surface area contributed by atoms with Gasteiger partial charge in [-0.25, -0.2) is 0 Å². The Kier molecular flexibility index (Phi) is 4.96. The molecule has 0 aliphatic heterocycles. The van der Waals surface area contributed by atoms with Crippen LogP contribution in [0.1, 0.15) is 21.2 Å². The van der Waals surface area contributed by atoms with E-state index in [-0.39, 0.29) is 5.78 Å². The summed E-state index contributed by atoms with van der Waals surface area (Å²) in [7, 11) is 0. The number of carbonyl (C=O) groups is 1. The van der Waals surface area contributed by atoms with Gasteiger partial charge in [-0.3, -0.25) is 4.79 Å². The summed E-state index contributed by atoms with van der Waals surface area (Å²) in [5.74, 6) is -0.952. The molecule has 1 aromatic heterocycles. The Morgan fingerprint density at radius 1 is 1.21 bits per heavy atom. The third-order valence-electron chi connectivity index (χ3n) is 2.48. The molecule has 0 N–H and O–H groups in total. The third-order valence-corrected chi connectivity index (χ3v) is 6.28. The van der Waals surface area contributed by atoms with Crippen molar-refractivity contribution in [2.45, 2.75) is 5.92 Å². The fraction of sp³-hybridized carbons (Fsp3) is 0.0769. The summed E-state index contributed by atoms with van der Waals surface area (Å²) in [5, 5.41) is 9.26. The summed E-state index contributed by atoms with van der Waals surface area (Å²) in [6.07, 6.45) is 0. The lowest BCUT2D eigenvalue weighted by Gasteiger charge is -2.07. The van der Waals surface area contributed by atoms with Gasteiger partial charge in [0.1, 0.15) is 5.92 Å². The van der Waals surface area contributed by atoms with E-state index >= 15 is 0 Å². The van der Waals surface area contributed by atoms with Crippen LogP contribution in [0.3, 0.4) is 0 Å². The maximum absolute atomic E-state index is 12.4. The van der Waals surface area contributed by atoms with Gasteiger partial charge in [0.2, 0.25) is 0 Å². The van der Waals surface area contributed by atoms with Crippen molar-refractivity contribution in [3.63, 3.8) is 0 Å². The first-order chi connectivity index (χ1) is 9.02. The van der Waals surface area contributed by atoms with E-state index in [4.69, 9.17) is 0 Å². The normalized spacial score (nSPS) is 11.9. The van der Waals surface area contributed by atoms with Crippen molar-refractivity contribution in [1.82, 2.24) is 0 Å². The van der Waals surface area contributed by atoms with Crippen molar-refractivity contribution in [2.24, 2.45) is 0 Å². The van der Waals surface area contributed by atoms with Crippen LogP contribution in [0.15, 0.2) is 43.1 Å². The van der Waals surface area contributed by atoms with Crippen molar-refractivity contribution >= 4 is 64.9 Å². The van der Waals surface area contributed by atoms with Gasteiger partial charge in [0.15, 0.2) is 5.78 Å². The zero-order chi connectivity index (χ0) is 14.0. The summed E-state index contributed by atoms with van der Waals surface area (Å²) in [6.45, 7) is 0. The lowest BCUT2D eigenvalue weighted by Crippen LogP contribution is -2.09. The molecular formula is C13H6Br3NOS. The van der Waals surface area contributed by atoms with Crippen molar-refractivity contribution in [3.05, 3.63) is 53.5 Å². The molecule has 19 heavy (non-hydrogen) atoms. The second-order valence-electron chi connectivity index (χ2n) is 3.71. The molecule has 0 saturated carbocycles. The van der Waals surface area contributed by atoms with Gasteiger partial charge in [0, 0.05) is 8.95 Å². The molecule has 2 nitrogen and oxygen atoms in total. The molecule has 1 atom stereocenters. The predicted molar refractivity (Wildman–Crippen MR) is 86.5 cm³/mol. The quantitative estimate of drug-likeness (QED) is 0.562. The fourth-order valence-electron chi connectivity index (χ4n) is 1.55. The second kappa shape index (κ2) is 6.31. The number of rotatable bonds is 3. The van der Waals surface area contributed by atoms with Gasteiger partial charge in [0.25, 0.3) is 0 Å². The van der Waals surface area contributed by atoms with Crippen LogP contribution in [0, 0.1) is 11.3 Å². The van der Waals surface area contributed by atoms with E-state index in [0.717, 1.165) is 12.7 Å². The Balaban J connectivity index is 2.35. The monoisotopic (exact) mass is 461 g/mol. The van der Waals surface area contributed by atoms with Crippen LogP contribution < -0.4 is 0 Å². The Morgan fingerprint density at radius 2 is 1.84 bits per heavy atom. The van der Waals surface area contributed by atoms with Crippen molar-refractivity contribution in [3.8, 4) is 6.07 Å². The first kappa shape index (κ1) is 14.9. The highest BCUT2D eigenvalue weighted by atomic mass is 79.9. The Labute approximate surface area is 139 Å². The molecule has 0 radical (unpaired) electrons. The first-order valence-electron chi connectivity index (χ1n) is 5.17. The average molecular weight is 464 g/mol. The predicted octanol–water partition coefficient (Wildman–Crippen LogP) is 5.53. The number of nitrogens with zero attached hydrogens (tertiary/aromatic N) is 1. The number of carbonyl (C=O) groups excluding carboxylic acids is 1. The molecule has 2 rings (SSSR count). The zero-order valence-electron chi connectivity index (χ0n) is 9.36. The molecule has 6 heteroatoms. The SMILES string of the molecule is N#CC(C(=O)c1cc(Br)c(Br)s1)c1ccc(Br)cc1. The van der Waals surface area contributed by atoms with Gasteiger partial charge in [-0.2, -0.15) is 5.26 Å². The van der Waals surface area contributed by atoms with Gasteiger partial charge in [-0.1, -0.05) is 28.1 Å². The fourth-order valence-corrected chi connectivity index (χ4v) is 3.82. The summed E-state index contributed by atoms with van der Waals surface area (Å²) in [6, 6.07) is 11.0. The van der Waals surface area contributed by atoms with Crippen LogP contribution >= 0.6 is 59.1 Å². The van der Waals surface area contributed by atoms with Crippen molar-refractivity contribution < 1.29 is 4.79 Å². The summed E-state index contributed by atoms with van der Waals surface area (Å²) in [4.78, 5) is 12.9. The number of Topliss-reactive ketones (excluding diaryl/α,β-unsaturated/α-hetero) is 1. The number of benzene rings is 1. The lowest BCUT2D eigenvalue weighted by molar-refractivity contribution is 0.0983. The molecule has 0 aliphatic carbocycles. The van der Waals surface area contributed by atoms with Gasteiger partial charge in [-0.15, -0.1) is 11.3 Å². The molecule has 96 valence electrons. The molecular weight excluding hydrogens is 458 g/mol. The number of hydrogen-bond donors (Lipinski definition) is 0. The van der Waals surface area contributed by atoms with Crippen LogP contribution in [-0.2, 0) is 0 Å². The molecule has 0 spiro atoms. The van der Waals surface area contributed by atoms with Gasteiger partial charge in [-0.05, 0) is 55.6 Å². The molecule has 0 aliphatic rings. The van der Waals surface area contributed by atoms with E-state index in [9.17, 15) is 10.1 Å². The number of ketones is 1. The summed E-state index contributed by atoms with van der Waals surface area (Å²) < 4.78 is 2.60. The smallest absolute Gasteiger partial charge is 0.194 e. The molecule has 2 aromatic rings. The highest BCUT2D eigenvalue weighted by molar-refractivity contribution is 9.13. The molecule has 1 unspecified atom stereocenters. The van der Waals surface area contributed by atoms with Gasteiger partial charge >= 0.3 is 0 Å². The number of hydrogen-bond acceptors (Lipinski definition) is 3. The van der Waals surface area contributed by atoms with Crippen molar-refractivity contribution in [2.75, 3.05) is 0 Å². The van der Waals surface area contributed by atoms with Crippen LogP contribution in [0.25, 0.3) is 0 Å². The van der Waals surface area contributed by atoms with Gasteiger partial charge < -0.3 is 0 Å². The molecule has 0 fully saturated rings. The Hall–Kier alpha value is -0.480. The second-order valence-corrected chi connectivity index (χ2v) is 7.85. The number of thiophene rings is 1. The molecule has 1 aromatic carbocycles. The Morgan fingerprint density at radius 3 is 2.32 bits per heavy atom. The topological polar surface area (TPSA) is 40.9 Å². The highest BCUT2D eigenvalue weighted by Crippen LogP contribution is 2.35. The standard InChI is InChI=1S/C13H6Br3NOS/c14-8-3-1-7(2-4-8)9(6-17)12(18)11-5-10(15)13(16)19-11/h1-5,9H. The minimum atomic E-state index is -0.773. The van der Waals surface area contributed by atoms with Crippen molar-refractivity contribution in [1.29, 1.82) is 5.26 Å². The first-order valence-corrected chi connectivity index (χ1v) is 8.36. The Bertz CT molecular complexity index is 638. The minimum Gasteiger partial charge on any atom is -0.291 e.